The number of hydrogen-bond acceptors (Lipinski definition) is 5. The molecule has 0 saturated heterocycles. The van der Waals surface area contributed by atoms with Crippen LogP contribution in [0.5, 0.6) is 5.75 Å². The first kappa shape index (κ1) is 14.0. The summed E-state index contributed by atoms with van der Waals surface area (Å²) in [5.74, 6) is 1.06. The van der Waals surface area contributed by atoms with Gasteiger partial charge in [-0.2, -0.15) is 4.98 Å². The molecule has 1 N–H and O–H groups in total. The largest absolute Gasteiger partial charge is 0.496 e. The fraction of sp³-hybridized carbons (Fsp3) is 0.357. The fourth-order valence-corrected chi connectivity index (χ4v) is 2.12. The van der Waals surface area contributed by atoms with Gasteiger partial charge in [-0.1, -0.05) is 5.16 Å². The predicted octanol–water partition coefficient (Wildman–Crippen LogP) is 2.19. The van der Waals surface area contributed by atoms with Crippen LogP contribution in [0.3, 0.4) is 0 Å². The van der Waals surface area contributed by atoms with Crippen molar-refractivity contribution in [3.63, 3.8) is 0 Å². The Morgan fingerprint density at radius 2 is 2.00 bits per heavy atom. The zero-order chi connectivity index (χ0) is 14.7. The van der Waals surface area contributed by atoms with Crippen LogP contribution in [0.2, 0.25) is 0 Å². The van der Waals surface area contributed by atoms with Crippen molar-refractivity contribution in [2.75, 3.05) is 7.11 Å². The molecule has 0 radical (unpaired) electrons. The number of carbonyl (C=O) groups is 1. The van der Waals surface area contributed by atoms with Crippen LogP contribution < -0.4 is 10.1 Å². The van der Waals surface area contributed by atoms with Crippen LogP contribution in [0.4, 0.5) is 0 Å². The van der Waals surface area contributed by atoms with Crippen molar-refractivity contribution in [1.82, 2.24) is 15.5 Å². The molecule has 0 aliphatic rings. The molecule has 1 atom stereocenters. The lowest BCUT2D eigenvalue weighted by atomic mass is 10.0. The van der Waals surface area contributed by atoms with Crippen molar-refractivity contribution < 1.29 is 14.1 Å². The lowest BCUT2D eigenvalue weighted by molar-refractivity contribution is 0.0937. The summed E-state index contributed by atoms with van der Waals surface area (Å²) in [5.41, 5.74) is 2.42. The number of methoxy groups -OCH3 is 1. The number of rotatable bonds is 4. The highest BCUT2D eigenvalue weighted by molar-refractivity contribution is 5.95. The van der Waals surface area contributed by atoms with Crippen LogP contribution in [-0.4, -0.2) is 23.2 Å². The molecule has 0 spiro atoms. The van der Waals surface area contributed by atoms with Crippen LogP contribution in [0.15, 0.2) is 23.0 Å². The summed E-state index contributed by atoms with van der Waals surface area (Å²) < 4.78 is 9.95. The second-order valence-corrected chi connectivity index (χ2v) is 4.63. The molecule has 2 aromatic rings. The summed E-state index contributed by atoms with van der Waals surface area (Å²) in [5, 5.41) is 6.53. The average molecular weight is 275 g/mol. The van der Waals surface area contributed by atoms with E-state index in [0.717, 1.165) is 16.9 Å². The van der Waals surface area contributed by atoms with E-state index in [0.29, 0.717) is 11.4 Å². The van der Waals surface area contributed by atoms with Crippen molar-refractivity contribution in [2.24, 2.45) is 0 Å². The van der Waals surface area contributed by atoms with E-state index in [1.807, 2.05) is 13.8 Å². The number of aromatic nitrogens is 2. The van der Waals surface area contributed by atoms with Crippen LogP contribution in [0.25, 0.3) is 0 Å². The summed E-state index contributed by atoms with van der Waals surface area (Å²) >= 11 is 0. The van der Waals surface area contributed by atoms with Crippen molar-refractivity contribution >= 4 is 5.91 Å². The summed E-state index contributed by atoms with van der Waals surface area (Å²) in [6.45, 7) is 5.61. The van der Waals surface area contributed by atoms with E-state index < -0.39 is 0 Å². The maximum absolute atomic E-state index is 12.2. The van der Waals surface area contributed by atoms with Gasteiger partial charge in [-0.25, -0.2) is 0 Å². The van der Waals surface area contributed by atoms with E-state index in [1.54, 1.807) is 26.2 Å². The minimum atomic E-state index is -0.316. The van der Waals surface area contributed by atoms with Crippen LogP contribution in [0, 0.1) is 13.8 Å². The molecule has 6 nitrogen and oxygen atoms in total. The molecule has 0 bridgehead atoms. The topological polar surface area (TPSA) is 77.2 Å². The number of hydrogen-bond donors (Lipinski definition) is 1. The molecule has 2 rings (SSSR count). The van der Waals surface area contributed by atoms with Gasteiger partial charge in [0.05, 0.1) is 13.2 Å². The Morgan fingerprint density at radius 1 is 1.35 bits per heavy atom. The molecule has 0 aliphatic heterocycles. The molecule has 1 amide bonds. The third kappa shape index (κ3) is 2.79. The molecule has 1 heterocycles. The average Bonchev–Trinajstić information content (AvgIpc) is 2.92. The normalized spacial score (nSPS) is 12.0. The molecular formula is C14H17N3O3. The second kappa shape index (κ2) is 5.73. The number of carbonyl (C=O) groups excluding carboxylic acids is 1. The van der Waals surface area contributed by atoms with Crippen molar-refractivity contribution in [3.8, 4) is 5.75 Å². The first-order chi connectivity index (χ1) is 9.52. The van der Waals surface area contributed by atoms with Crippen LogP contribution in [0.1, 0.15) is 40.3 Å². The third-order valence-electron chi connectivity index (χ3n) is 3.04. The van der Waals surface area contributed by atoms with Gasteiger partial charge >= 0.3 is 0 Å². The standard InChI is InChI=1S/C14H17N3O3/c1-8-5-11(6-9(2)12(8)19-4)14(18)16-10(3)13-15-7-20-17-13/h5-7,10H,1-4H3,(H,16,18)/t10-/m1/s1. The highest BCUT2D eigenvalue weighted by atomic mass is 16.5. The highest BCUT2D eigenvalue weighted by Gasteiger charge is 2.16. The second-order valence-electron chi connectivity index (χ2n) is 4.63. The number of ether oxygens (including phenoxy) is 1. The number of benzene rings is 1. The van der Waals surface area contributed by atoms with Gasteiger partial charge < -0.3 is 14.6 Å². The molecule has 6 heteroatoms. The SMILES string of the molecule is COc1c(C)cc(C(=O)N[C@H](C)c2ncon2)cc1C. The molecule has 1 aromatic heterocycles. The maximum Gasteiger partial charge on any atom is 0.251 e. The number of aryl methyl sites for hydroxylation is 2. The van der Waals surface area contributed by atoms with E-state index in [-0.39, 0.29) is 11.9 Å². The van der Waals surface area contributed by atoms with E-state index in [4.69, 9.17) is 4.74 Å². The van der Waals surface area contributed by atoms with Gasteiger partial charge in [-0.15, -0.1) is 0 Å². The summed E-state index contributed by atoms with van der Waals surface area (Å²) in [6, 6.07) is 3.28. The zero-order valence-electron chi connectivity index (χ0n) is 11.9. The Bertz CT molecular complexity index is 585. The van der Waals surface area contributed by atoms with Gasteiger partial charge in [0.2, 0.25) is 6.39 Å². The maximum atomic E-state index is 12.2. The Hall–Kier alpha value is -2.37. The highest BCUT2D eigenvalue weighted by Crippen LogP contribution is 2.24. The quantitative estimate of drug-likeness (QED) is 0.925. The molecule has 0 fully saturated rings. The van der Waals surface area contributed by atoms with Crippen molar-refractivity contribution in [3.05, 3.63) is 41.0 Å². The van der Waals surface area contributed by atoms with Crippen LogP contribution >= 0.6 is 0 Å². The van der Waals surface area contributed by atoms with Crippen molar-refractivity contribution in [2.45, 2.75) is 26.8 Å². The van der Waals surface area contributed by atoms with E-state index >= 15 is 0 Å². The Balaban J connectivity index is 2.17. The predicted molar refractivity (Wildman–Crippen MR) is 72.6 cm³/mol. The molecule has 0 aliphatic carbocycles. The minimum Gasteiger partial charge on any atom is -0.496 e. The molecule has 106 valence electrons. The van der Waals surface area contributed by atoms with E-state index in [1.165, 1.54) is 6.39 Å². The smallest absolute Gasteiger partial charge is 0.251 e. The first-order valence-electron chi connectivity index (χ1n) is 6.25. The molecule has 20 heavy (non-hydrogen) atoms. The van der Waals surface area contributed by atoms with Gasteiger partial charge in [0.25, 0.3) is 5.91 Å². The number of nitrogens with one attached hydrogen (secondary N) is 1. The Morgan fingerprint density at radius 3 is 2.50 bits per heavy atom. The first-order valence-corrected chi connectivity index (χ1v) is 6.25. The van der Waals surface area contributed by atoms with Gasteiger partial charge in [0.1, 0.15) is 5.75 Å². The molecular weight excluding hydrogens is 258 g/mol. The lowest BCUT2D eigenvalue weighted by Gasteiger charge is -2.13. The van der Waals surface area contributed by atoms with Gasteiger partial charge in [0, 0.05) is 5.56 Å². The third-order valence-corrected chi connectivity index (χ3v) is 3.04. The van der Waals surface area contributed by atoms with E-state index in [9.17, 15) is 4.79 Å². The fourth-order valence-electron chi connectivity index (χ4n) is 2.12. The van der Waals surface area contributed by atoms with Gasteiger partial charge in [0.15, 0.2) is 5.82 Å². The summed E-state index contributed by atoms with van der Waals surface area (Å²) in [6.07, 6.45) is 1.24. The molecule has 0 saturated carbocycles. The van der Waals surface area contributed by atoms with Crippen LogP contribution in [-0.2, 0) is 0 Å². The summed E-state index contributed by atoms with van der Waals surface area (Å²) in [4.78, 5) is 16.1. The van der Waals surface area contributed by atoms with E-state index in [2.05, 4.69) is 20.0 Å². The molecule has 1 aromatic carbocycles. The monoisotopic (exact) mass is 275 g/mol. The number of nitrogens with zero attached hydrogens (tertiary/aromatic N) is 2. The number of amides is 1. The summed E-state index contributed by atoms with van der Waals surface area (Å²) in [7, 11) is 1.62. The van der Waals surface area contributed by atoms with Gasteiger partial charge in [-0.3, -0.25) is 4.79 Å². The minimum absolute atomic E-state index is 0.184. The lowest BCUT2D eigenvalue weighted by Crippen LogP contribution is -2.27. The zero-order valence-corrected chi connectivity index (χ0v) is 11.9. The Labute approximate surface area is 117 Å². The van der Waals surface area contributed by atoms with Crippen molar-refractivity contribution in [1.29, 1.82) is 0 Å². The molecule has 0 unspecified atom stereocenters. The Kier molecular flexibility index (Phi) is 4.02. The van der Waals surface area contributed by atoms with Gasteiger partial charge in [-0.05, 0) is 44.0 Å².